The molecule has 0 aliphatic rings. The van der Waals surface area contributed by atoms with E-state index in [1.54, 1.807) is 19.5 Å². The van der Waals surface area contributed by atoms with Gasteiger partial charge in [0, 0.05) is 24.5 Å². The monoisotopic (exact) mass is 286 g/mol. The molecule has 21 heavy (non-hydrogen) atoms. The summed E-state index contributed by atoms with van der Waals surface area (Å²) in [5, 5.41) is 0. The topological polar surface area (TPSA) is 57.4 Å². The summed E-state index contributed by atoms with van der Waals surface area (Å²) < 4.78 is 11.2. The van der Waals surface area contributed by atoms with Gasteiger partial charge in [0.1, 0.15) is 18.1 Å². The Hall–Kier alpha value is -2.07. The summed E-state index contributed by atoms with van der Waals surface area (Å²) in [6.07, 6.45) is 5.26. The third kappa shape index (κ3) is 4.46. The highest BCUT2D eigenvalue weighted by Gasteiger charge is 2.10. The second-order valence-corrected chi connectivity index (χ2v) is 4.99. The van der Waals surface area contributed by atoms with Gasteiger partial charge in [0.25, 0.3) is 0 Å². The van der Waals surface area contributed by atoms with Gasteiger partial charge in [0.05, 0.1) is 7.11 Å². The zero-order valence-corrected chi connectivity index (χ0v) is 12.6. The van der Waals surface area contributed by atoms with Crippen molar-refractivity contribution in [1.29, 1.82) is 0 Å². The average molecular weight is 286 g/mol. The van der Waals surface area contributed by atoms with Gasteiger partial charge in [-0.05, 0) is 42.2 Å². The van der Waals surface area contributed by atoms with Crippen LogP contribution in [0.1, 0.15) is 24.5 Å². The average Bonchev–Trinajstić information content (AvgIpc) is 2.54. The minimum Gasteiger partial charge on any atom is -0.497 e. The molecular weight excluding hydrogens is 264 g/mol. The number of pyridine rings is 1. The van der Waals surface area contributed by atoms with Crippen LogP contribution in [0.2, 0.25) is 0 Å². The molecule has 0 spiro atoms. The Morgan fingerprint density at radius 3 is 2.62 bits per heavy atom. The fraction of sp³-hybridized carbons (Fsp3) is 0.353. The molecule has 2 aromatic rings. The minimum atomic E-state index is 0.140. The molecule has 1 unspecified atom stereocenters. The number of hydrogen-bond donors (Lipinski definition) is 1. The summed E-state index contributed by atoms with van der Waals surface area (Å²) in [5.41, 5.74) is 8.25. The number of methoxy groups -OCH3 is 1. The van der Waals surface area contributed by atoms with Crippen LogP contribution < -0.4 is 15.2 Å². The van der Waals surface area contributed by atoms with Crippen molar-refractivity contribution in [1.82, 2.24) is 4.98 Å². The molecule has 4 heteroatoms. The van der Waals surface area contributed by atoms with Crippen molar-refractivity contribution in [2.45, 2.75) is 32.4 Å². The standard InChI is InChI=1S/C17H22N2O2/c1-3-15(18)10-14-4-5-16(20-2)11-17(14)21-12-13-6-8-19-9-7-13/h4-9,11,15H,3,10,12,18H2,1-2H3. The fourth-order valence-corrected chi connectivity index (χ4v) is 2.03. The van der Waals surface area contributed by atoms with E-state index in [0.717, 1.165) is 35.5 Å². The Balaban J connectivity index is 2.14. The summed E-state index contributed by atoms with van der Waals surface area (Å²) in [6, 6.07) is 9.91. The molecule has 0 bridgehead atoms. The van der Waals surface area contributed by atoms with Gasteiger partial charge in [0.2, 0.25) is 0 Å². The molecule has 0 aliphatic heterocycles. The van der Waals surface area contributed by atoms with E-state index in [0.29, 0.717) is 6.61 Å². The molecule has 1 aromatic carbocycles. The van der Waals surface area contributed by atoms with E-state index in [1.807, 2.05) is 30.3 Å². The van der Waals surface area contributed by atoms with E-state index >= 15 is 0 Å². The first-order chi connectivity index (χ1) is 10.2. The smallest absolute Gasteiger partial charge is 0.126 e. The summed E-state index contributed by atoms with van der Waals surface area (Å²) >= 11 is 0. The van der Waals surface area contributed by atoms with E-state index in [2.05, 4.69) is 11.9 Å². The largest absolute Gasteiger partial charge is 0.497 e. The maximum absolute atomic E-state index is 6.06. The van der Waals surface area contributed by atoms with Gasteiger partial charge in [-0.15, -0.1) is 0 Å². The van der Waals surface area contributed by atoms with Crippen molar-refractivity contribution >= 4 is 0 Å². The van der Waals surface area contributed by atoms with Gasteiger partial charge >= 0.3 is 0 Å². The Morgan fingerprint density at radius 1 is 1.19 bits per heavy atom. The zero-order chi connectivity index (χ0) is 15.1. The van der Waals surface area contributed by atoms with Gasteiger partial charge in [-0.25, -0.2) is 0 Å². The minimum absolute atomic E-state index is 0.140. The van der Waals surface area contributed by atoms with Crippen LogP contribution in [0.25, 0.3) is 0 Å². The molecule has 0 aliphatic carbocycles. The molecule has 2 rings (SSSR count). The first kappa shape index (κ1) is 15.3. The maximum atomic E-state index is 6.06. The molecule has 0 amide bonds. The Morgan fingerprint density at radius 2 is 1.95 bits per heavy atom. The van der Waals surface area contributed by atoms with Crippen LogP contribution in [0.3, 0.4) is 0 Å². The SMILES string of the molecule is CCC(N)Cc1ccc(OC)cc1OCc1ccncc1. The van der Waals surface area contributed by atoms with Crippen molar-refractivity contribution in [3.05, 3.63) is 53.9 Å². The summed E-state index contributed by atoms with van der Waals surface area (Å²) in [6.45, 7) is 2.59. The second kappa shape index (κ2) is 7.64. The highest BCUT2D eigenvalue weighted by atomic mass is 16.5. The summed E-state index contributed by atoms with van der Waals surface area (Å²) in [4.78, 5) is 4.00. The quantitative estimate of drug-likeness (QED) is 0.850. The van der Waals surface area contributed by atoms with E-state index in [9.17, 15) is 0 Å². The Kier molecular flexibility index (Phi) is 5.58. The zero-order valence-electron chi connectivity index (χ0n) is 12.6. The molecule has 2 N–H and O–H groups in total. The van der Waals surface area contributed by atoms with Gasteiger partial charge in [-0.1, -0.05) is 13.0 Å². The molecule has 0 fully saturated rings. The maximum Gasteiger partial charge on any atom is 0.126 e. The summed E-state index contributed by atoms with van der Waals surface area (Å²) in [7, 11) is 1.65. The van der Waals surface area contributed by atoms with Crippen LogP contribution in [0.15, 0.2) is 42.7 Å². The normalized spacial score (nSPS) is 12.0. The van der Waals surface area contributed by atoms with Crippen LogP contribution >= 0.6 is 0 Å². The lowest BCUT2D eigenvalue weighted by Gasteiger charge is -2.15. The number of nitrogens with two attached hydrogens (primary N) is 1. The lowest BCUT2D eigenvalue weighted by atomic mass is 10.0. The van der Waals surface area contributed by atoms with Crippen LogP contribution in [-0.4, -0.2) is 18.1 Å². The molecule has 1 atom stereocenters. The predicted octanol–water partition coefficient (Wildman–Crippen LogP) is 2.95. The fourth-order valence-electron chi connectivity index (χ4n) is 2.03. The molecular formula is C17H22N2O2. The number of rotatable bonds is 7. The van der Waals surface area contributed by atoms with Crippen LogP contribution in [-0.2, 0) is 13.0 Å². The van der Waals surface area contributed by atoms with Crippen LogP contribution in [0, 0.1) is 0 Å². The first-order valence-corrected chi connectivity index (χ1v) is 7.17. The van der Waals surface area contributed by atoms with E-state index in [-0.39, 0.29) is 6.04 Å². The van der Waals surface area contributed by atoms with Crippen molar-refractivity contribution in [3.63, 3.8) is 0 Å². The van der Waals surface area contributed by atoms with Gasteiger partial charge in [-0.3, -0.25) is 4.98 Å². The third-order valence-electron chi connectivity index (χ3n) is 3.42. The Bertz CT molecular complexity index is 558. The van der Waals surface area contributed by atoms with E-state index in [4.69, 9.17) is 15.2 Å². The molecule has 0 saturated heterocycles. The highest BCUT2D eigenvalue weighted by molar-refractivity contribution is 5.41. The lowest BCUT2D eigenvalue weighted by molar-refractivity contribution is 0.299. The number of nitrogens with zero attached hydrogens (tertiary/aromatic N) is 1. The molecule has 112 valence electrons. The van der Waals surface area contributed by atoms with Crippen LogP contribution in [0.4, 0.5) is 0 Å². The van der Waals surface area contributed by atoms with Gasteiger partial charge < -0.3 is 15.2 Å². The van der Waals surface area contributed by atoms with Crippen molar-refractivity contribution < 1.29 is 9.47 Å². The Labute approximate surface area is 125 Å². The number of aromatic nitrogens is 1. The molecule has 4 nitrogen and oxygen atoms in total. The van der Waals surface area contributed by atoms with Gasteiger partial charge in [-0.2, -0.15) is 0 Å². The first-order valence-electron chi connectivity index (χ1n) is 7.17. The number of benzene rings is 1. The molecule has 0 saturated carbocycles. The molecule has 1 heterocycles. The predicted molar refractivity (Wildman–Crippen MR) is 83.5 cm³/mol. The van der Waals surface area contributed by atoms with Crippen molar-refractivity contribution in [2.75, 3.05) is 7.11 Å². The third-order valence-corrected chi connectivity index (χ3v) is 3.42. The van der Waals surface area contributed by atoms with Crippen molar-refractivity contribution in [2.24, 2.45) is 5.73 Å². The van der Waals surface area contributed by atoms with Gasteiger partial charge in [0.15, 0.2) is 0 Å². The molecule has 0 radical (unpaired) electrons. The number of ether oxygens (including phenoxy) is 2. The summed E-state index contributed by atoms with van der Waals surface area (Å²) in [5.74, 6) is 1.61. The lowest BCUT2D eigenvalue weighted by Crippen LogP contribution is -2.21. The second-order valence-electron chi connectivity index (χ2n) is 4.99. The highest BCUT2D eigenvalue weighted by Crippen LogP contribution is 2.27. The molecule has 1 aromatic heterocycles. The van der Waals surface area contributed by atoms with Crippen molar-refractivity contribution in [3.8, 4) is 11.5 Å². The van der Waals surface area contributed by atoms with E-state index < -0.39 is 0 Å². The van der Waals surface area contributed by atoms with Crippen LogP contribution in [0.5, 0.6) is 11.5 Å². The number of hydrogen-bond acceptors (Lipinski definition) is 4. The van der Waals surface area contributed by atoms with E-state index in [1.165, 1.54) is 0 Å².